The number of likely N-dealkylation sites (N-methyl/N-ethyl adjacent to an activating group) is 1. The normalized spacial score (nSPS) is 12.4. The van der Waals surface area contributed by atoms with E-state index in [0.29, 0.717) is 12.1 Å². The van der Waals surface area contributed by atoms with Crippen molar-refractivity contribution in [1.82, 2.24) is 0 Å². The summed E-state index contributed by atoms with van der Waals surface area (Å²) >= 11 is 1.74. The van der Waals surface area contributed by atoms with Crippen molar-refractivity contribution >= 4 is 17.0 Å². The molecule has 2 rings (SSSR count). The van der Waals surface area contributed by atoms with Crippen molar-refractivity contribution < 1.29 is 4.39 Å². The monoisotopic (exact) mass is 292 g/mol. The van der Waals surface area contributed by atoms with E-state index in [0.717, 1.165) is 18.5 Å². The number of anilines is 1. The zero-order chi connectivity index (χ0) is 14.5. The predicted octanol–water partition coefficient (Wildman–Crippen LogP) is 3.46. The van der Waals surface area contributed by atoms with Crippen LogP contribution in [0.5, 0.6) is 0 Å². The van der Waals surface area contributed by atoms with E-state index in [2.05, 4.69) is 11.4 Å². The van der Waals surface area contributed by atoms with Crippen molar-refractivity contribution in [1.29, 1.82) is 0 Å². The van der Waals surface area contributed by atoms with E-state index < -0.39 is 0 Å². The molecule has 0 aliphatic rings. The number of halogens is 1. The molecule has 4 heteroatoms. The third-order valence-electron chi connectivity index (χ3n) is 3.25. The molecule has 108 valence electrons. The summed E-state index contributed by atoms with van der Waals surface area (Å²) in [5, 5.41) is 2.07. The van der Waals surface area contributed by atoms with Crippen LogP contribution in [0.25, 0.3) is 0 Å². The lowest BCUT2D eigenvalue weighted by molar-refractivity contribution is 0.617. The molecule has 0 bridgehead atoms. The van der Waals surface area contributed by atoms with Crippen molar-refractivity contribution in [3.63, 3.8) is 0 Å². The maximum atomic E-state index is 14.1. The lowest BCUT2D eigenvalue weighted by Gasteiger charge is -2.20. The highest BCUT2D eigenvalue weighted by molar-refractivity contribution is 7.09. The Labute approximate surface area is 124 Å². The molecule has 1 aromatic heterocycles. The van der Waals surface area contributed by atoms with Gasteiger partial charge in [0, 0.05) is 24.5 Å². The molecule has 0 aliphatic heterocycles. The van der Waals surface area contributed by atoms with Gasteiger partial charge in [0.05, 0.1) is 5.69 Å². The molecule has 1 aromatic carbocycles. The Balaban J connectivity index is 2.00. The number of hydrogen-bond donors (Lipinski definition) is 1. The van der Waals surface area contributed by atoms with E-state index in [9.17, 15) is 4.39 Å². The summed E-state index contributed by atoms with van der Waals surface area (Å²) in [4.78, 5) is 3.29. The van der Waals surface area contributed by atoms with Gasteiger partial charge in [-0.05, 0) is 48.9 Å². The molecule has 20 heavy (non-hydrogen) atoms. The lowest BCUT2D eigenvalue weighted by Crippen LogP contribution is -2.22. The van der Waals surface area contributed by atoms with Gasteiger partial charge in [-0.15, -0.1) is 11.3 Å². The standard InChI is InChI=1S/C16H21FN2S/c1-12(18)10-13-5-6-16(15(17)11-13)19(2)8-7-14-4-3-9-20-14/h3-6,9,11-12H,7-8,10,18H2,1-2H3. The highest BCUT2D eigenvalue weighted by Gasteiger charge is 2.09. The van der Waals surface area contributed by atoms with Crippen LogP contribution < -0.4 is 10.6 Å². The van der Waals surface area contributed by atoms with E-state index >= 15 is 0 Å². The topological polar surface area (TPSA) is 29.3 Å². The van der Waals surface area contributed by atoms with Crippen molar-refractivity contribution in [3.8, 4) is 0 Å². The number of hydrogen-bond acceptors (Lipinski definition) is 3. The Morgan fingerprint density at radius 2 is 2.15 bits per heavy atom. The average molecular weight is 292 g/mol. The molecular formula is C16H21FN2S. The molecule has 1 heterocycles. The minimum absolute atomic E-state index is 0.0526. The molecule has 0 fully saturated rings. The average Bonchev–Trinajstić information content (AvgIpc) is 2.88. The van der Waals surface area contributed by atoms with E-state index in [1.165, 1.54) is 4.88 Å². The number of nitrogens with two attached hydrogens (primary N) is 1. The van der Waals surface area contributed by atoms with E-state index in [1.807, 2.05) is 37.1 Å². The lowest BCUT2D eigenvalue weighted by atomic mass is 10.1. The predicted molar refractivity (Wildman–Crippen MR) is 85.0 cm³/mol. The van der Waals surface area contributed by atoms with E-state index in [4.69, 9.17) is 5.73 Å². The molecule has 0 amide bonds. The van der Waals surface area contributed by atoms with Crippen molar-refractivity contribution in [3.05, 3.63) is 52.0 Å². The molecule has 0 saturated heterocycles. The van der Waals surface area contributed by atoms with Crippen LogP contribution in [0.3, 0.4) is 0 Å². The highest BCUT2D eigenvalue weighted by atomic mass is 32.1. The van der Waals surface area contributed by atoms with Crippen LogP contribution in [0.15, 0.2) is 35.7 Å². The smallest absolute Gasteiger partial charge is 0.146 e. The van der Waals surface area contributed by atoms with Crippen LogP contribution in [-0.2, 0) is 12.8 Å². The fourth-order valence-electron chi connectivity index (χ4n) is 2.21. The summed E-state index contributed by atoms with van der Waals surface area (Å²) < 4.78 is 14.1. The van der Waals surface area contributed by atoms with Gasteiger partial charge in [-0.25, -0.2) is 4.39 Å². The van der Waals surface area contributed by atoms with Crippen molar-refractivity contribution in [2.75, 3.05) is 18.5 Å². The molecule has 0 spiro atoms. The van der Waals surface area contributed by atoms with Gasteiger partial charge in [0.2, 0.25) is 0 Å². The second-order valence-corrected chi connectivity index (χ2v) is 6.25. The second-order valence-electron chi connectivity index (χ2n) is 5.22. The fraction of sp³-hybridized carbons (Fsp3) is 0.375. The van der Waals surface area contributed by atoms with E-state index in [-0.39, 0.29) is 11.9 Å². The van der Waals surface area contributed by atoms with Crippen LogP contribution in [0, 0.1) is 5.82 Å². The summed E-state index contributed by atoms with van der Waals surface area (Å²) in [5.74, 6) is -0.170. The number of benzene rings is 1. The molecule has 2 aromatic rings. The maximum Gasteiger partial charge on any atom is 0.146 e. The number of rotatable bonds is 6. The van der Waals surface area contributed by atoms with Gasteiger partial charge >= 0.3 is 0 Å². The van der Waals surface area contributed by atoms with Gasteiger partial charge in [0.15, 0.2) is 0 Å². The summed E-state index contributed by atoms with van der Waals surface area (Å²) in [6, 6.07) is 9.62. The Hall–Kier alpha value is -1.39. The summed E-state index contributed by atoms with van der Waals surface area (Å²) in [6.07, 6.45) is 1.64. The Morgan fingerprint density at radius 3 is 2.75 bits per heavy atom. The van der Waals surface area contributed by atoms with Crippen LogP contribution in [0.1, 0.15) is 17.4 Å². The quantitative estimate of drug-likeness (QED) is 0.883. The first-order valence-corrected chi connectivity index (χ1v) is 7.71. The van der Waals surface area contributed by atoms with Gasteiger partial charge in [-0.1, -0.05) is 12.1 Å². The first kappa shape index (κ1) is 15.0. The highest BCUT2D eigenvalue weighted by Crippen LogP contribution is 2.21. The van der Waals surface area contributed by atoms with Crippen LogP contribution in [-0.4, -0.2) is 19.6 Å². The largest absolute Gasteiger partial charge is 0.372 e. The van der Waals surface area contributed by atoms with Gasteiger partial charge in [-0.2, -0.15) is 0 Å². The first-order valence-electron chi connectivity index (χ1n) is 6.84. The summed E-state index contributed by atoms with van der Waals surface area (Å²) in [7, 11) is 1.93. The Bertz CT molecular complexity index is 537. The molecule has 0 saturated carbocycles. The van der Waals surface area contributed by atoms with Gasteiger partial charge in [0.25, 0.3) is 0 Å². The SMILES string of the molecule is CC(N)Cc1ccc(N(C)CCc2cccs2)c(F)c1. The van der Waals surface area contributed by atoms with Gasteiger partial charge in [-0.3, -0.25) is 0 Å². The Morgan fingerprint density at radius 1 is 1.35 bits per heavy atom. The van der Waals surface area contributed by atoms with Crippen LogP contribution >= 0.6 is 11.3 Å². The molecular weight excluding hydrogens is 271 g/mol. The van der Waals surface area contributed by atoms with Crippen LogP contribution in [0.2, 0.25) is 0 Å². The minimum Gasteiger partial charge on any atom is -0.372 e. The first-order chi connectivity index (χ1) is 9.56. The van der Waals surface area contributed by atoms with Crippen LogP contribution in [0.4, 0.5) is 10.1 Å². The van der Waals surface area contributed by atoms with Gasteiger partial charge < -0.3 is 10.6 Å². The summed E-state index contributed by atoms with van der Waals surface area (Å²) in [5.41, 5.74) is 7.34. The van der Waals surface area contributed by atoms with Crippen molar-refractivity contribution in [2.45, 2.75) is 25.8 Å². The zero-order valence-corrected chi connectivity index (χ0v) is 12.8. The van der Waals surface area contributed by atoms with E-state index in [1.54, 1.807) is 17.4 Å². The fourth-order valence-corrected chi connectivity index (χ4v) is 2.91. The maximum absolute atomic E-state index is 14.1. The Kier molecular flexibility index (Phi) is 5.15. The number of thiophene rings is 1. The molecule has 0 aliphatic carbocycles. The second kappa shape index (κ2) is 6.86. The zero-order valence-electron chi connectivity index (χ0n) is 12.0. The van der Waals surface area contributed by atoms with Crippen molar-refractivity contribution in [2.24, 2.45) is 5.73 Å². The third-order valence-corrected chi connectivity index (χ3v) is 4.19. The molecule has 1 unspecified atom stereocenters. The molecule has 2 N–H and O–H groups in total. The summed E-state index contributed by atoms with van der Waals surface area (Å²) in [6.45, 7) is 2.74. The minimum atomic E-state index is -0.170. The number of nitrogens with zero attached hydrogens (tertiary/aromatic N) is 1. The van der Waals surface area contributed by atoms with Gasteiger partial charge in [0.1, 0.15) is 5.82 Å². The molecule has 1 atom stereocenters. The third kappa shape index (κ3) is 4.05. The molecule has 2 nitrogen and oxygen atoms in total. The molecule has 0 radical (unpaired) electrons.